The number of anilines is 1. The monoisotopic (exact) mass is 227 g/mol. The molecule has 3 heteroatoms. The van der Waals surface area contributed by atoms with Crippen LogP contribution in [-0.4, -0.2) is 11.0 Å². The topological polar surface area (TPSA) is 49.3 Å². The molecule has 2 aromatic rings. The Bertz CT molecular complexity index is 491. The van der Waals surface area contributed by atoms with Gasteiger partial charge in [0.2, 0.25) is 5.91 Å². The number of carbonyl (C=O) groups is 1. The second kappa shape index (κ2) is 5.16. The van der Waals surface area contributed by atoms with E-state index in [4.69, 9.17) is 5.11 Å². The highest BCUT2D eigenvalue weighted by Crippen LogP contribution is 2.11. The number of hydrogen-bond donors (Lipinski definition) is 2. The summed E-state index contributed by atoms with van der Waals surface area (Å²) >= 11 is 0. The smallest absolute Gasteiger partial charge is 0.228 e. The number of rotatable bonds is 3. The molecular formula is C14H13NO2. The Morgan fingerprint density at radius 3 is 2.29 bits per heavy atom. The van der Waals surface area contributed by atoms with Gasteiger partial charge in [0.05, 0.1) is 6.42 Å². The molecule has 0 aromatic heterocycles. The van der Waals surface area contributed by atoms with Crippen LogP contribution in [0.25, 0.3) is 0 Å². The van der Waals surface area contributed by atoms with Gasteiger partial charge >= 0.3 is 0 Å². The summed E-state index contributed by atoms with van der Waals surface area (Å²) < 4.78 is 0. The van der Waals surface area contributed by atoms with Crippen molar-refractivity contribution in [2.75, 3.05) is 5.32 Å². The Hall–Kier alpha value is -2.29. The van der Waals surface area contributed by atoms with Crippen LogP contribution in [0.5, 0.6) is 5.75 Å². The van der Waals surface area contributed by atoms with Gasteiger partial charge in [-0.2, -0.15) is 0 Å². The fraction of sp³-hybridized carbons (Fsp3) is 0.0714. The molecule has 0 saturated heterocycles. The molecule has 17 heavy (non-hydrogen) atoms. The van der Waals surface area contributed by atoms with Crippen LogP contribution in [0.15, 0.2) is 54.6 Å². The zero-order chi connectivity index (χ0) is 12.1. The van der Waals surface area contributed by atoms with Crippen molar-refractivity contribution < 1.29 is 9.90 Å². The van der Waals surface area contributed by atoms with Gasteiger partial charge in [-0.1, -0.05) is 30.3 Å². The first-order chi connectivity index (χ1) is 8.24. The largest absolute Gasteiger partial charge is 0.508 e. The Balaban J connectivity index is 1.96. The van der Waals surface area contributed by atoms with Gasteiger partial charge in [0.15, 0.2) is 0 Å². The summed E-state index contributed by atoms with van der Waals surface area (Å²) in [5.74, 6) is 0.138. The summed E-state index contributed by atoms with van der Waals surface area (Å²) in [6, 6.07) is 15.9. The van der Waals surface area contributed by atoms with Crippen molar-refractivity contribution in [3.05, 3.63) is 60.2 Å². The fourth-order valence-corrected chi connectivity index (χ4v) is 1.53. The SMILES string of the molecule is O=C(Cc1ccc(O)cc1)Nc1ccccc1. The first-order valence-corrected chi connectivity index (χ1v) is 5.37. The molecule has 3 nitrogen and oxygen atoms in total. The van der Waals surface area contributed by atoms with Crippen molar-refractivity contribution >= 4 is 11.6 Å². The molecule has 0 radical (unpaired) electrons. The minimum atomic E-state index is -0.0677. The lowest BCUT2D eigenvalue weighted by Crippen LogP contribution is -2.14. The quantitative estimate of drug-likeness (QED) is 0.846. The molecule has 0 heterocycles. The fourth-order valence-electron chi connectivity index (χ4n) is 1.53. The van der Waals surface area contributed by atoms with Gasteiger partial charge in [-0.3, -0.25) is 4.79 Å². The molecule has 0 aliphatic rings. The van der Waals surface area contributed by atoms with Crippen LogP contribution in [0.4, 0.5) is 5.69 Å². The maximum atomic E-state index is 11.7. The lowest BCUT2D eigenvalue weighted by Gasteiger charge is -2.05. The standard InChI is InChI=1S/C14H13NO2/c16-13-8-6-11(7-9-13)10-14(17)15-12-4-2-1-3-5-12/h1-9,16H,10H2,(H,15,17). The Labute approximate surface area is 99.7 Å². The number of carbonyl (C=O) groups excluding carboxylic acids is 1. The van der Waals surface area contributed by atoms with Crippen molar-refractivity contribution in [3.63, 3.8) is 0 Å². The number of benzene rings is 2. The number of phenolic OH excluding ortho intramolecular Hbond substituents is 1. The second-order valence-electron chi connectivity index (χ2n) is 3.76. The molecular weight excluding hydrogens is 214 g/mol. The van der Waals surface area contributed by atoms with E-state index in [0.29, 0.717) is 6.42 Å². The van der Waals surface area contributed by atoms with Gasteiger partial charge in [-0.25, -0.2) is 0 Å². The number of amides is 1. The summed E-state index contributed by atoms with van der Waals surface area (Å²) in [5, 5.41) is 11.9. The number of aromatic hydroxyl groups is 1. The number of phenols is 1. The molecule has 0 saturated carbocycles. The zero-order valence-electron chi connectivity index (χ0n) is 9.26. The average Bonchev–Trinajstić information content (AvgIpc) is 2.33. The first-order valence-electron chi connectivity index (χ1n) is 5.37. The average molecular weight is 227 g/mol. The Kier molecular flexibility index (Phi) is 3.40. The molecule has 0 atom stereocenters. The van der Waals surface area contributed by atoms with E-state index in [9.17, 15) is 4.79 Å². The van der Waals surface area contributed by atoms with Crippen molar-refractivity contribution in [3.8, 4) is 5.75 Å². The lowest BCUT2D eigenvalue weighted by atomic mass is 10.1. The Morgan fingerprint density at radius 2 is 1.65 bits per heavy atom. The van der Waals surface area contributed by atoms with E-state index in [-0.39, 0.29) is 11.7 Å². The molecule has 2 aromatic carbocycles. The molecule has 2 N–H and O–H groups in total. The third-order valence-corrected chi connectivity index (χ3v) is 2.36. The molecule has 0 aliphatic carbocycles. The van der Waals surface area contributed by atoms with Gasteiger partial charge in [0.1, 0.15) is 5.75 Å². The predicted octanol–water partition coefficient (Wildman–Crippen LogP) is 2.57. The van der Waals surface area contributed by atoms with E-state index < -0.39 is 0 Å². The van der Waals surface area contributed by atoms with Gasteiger partial charge < -0.3 is 10.4 Å². The van der Waals surface area contributed by atoms with Gasteiger partial charge in [0.25, 0.3) is 0 Å². The summed E-state index contributed by atoms with van der Waals surface area (Å²) in [6.45, 7) is 0. The van der Waals surface area contributed by atoms with E-state index in [0.717, 1.165) is 11.3 Å². The van der Waals surface area contributed by atoms with E-state index in [1.165, 1.54) is 0 Å². The minimum absolute atomic E-state index is 0.0677. The zero-order valence-corrected chi connectivity index (χ0v) is 9.26. The molecule has 2 rings (SSSR count). The summed E-state index contributed by atoms with van der Waals surface area (Å²) in [6.07, 6.45) is 0.301. The van der Waals surface area contributed by atoms with Crippen LogP contribution in [-0.2, 0) is 11.2 Å². The van der Waals surface area contributed by atoms with Crippen molar-refractivity contribution in [2.24, 2.45) is 0 Å². The second-order valence-corrected chi connectivity index (χ2v) is 3.76. The minimum Gasteiger partial charge on any atom is -0.508 e. The molecule has 0 spiro atoms. The van der Waals surface area contributed by atoms with E-state index in [2.05, 4.69) is 5.32 Å². The van der Waals surface area contributed by atoms with Crippen LogP contribution in [0.2, 0.25) is 0 Å². The van der Waals surface area contributed by atoms with Crippen molar-refractivity contribution in [1.29, 1.82) is 0 Å². The highest BCUT2D eigenvalue weighted by molar-refractivity contribution is 5.92. The van der Waals surface area contributed by atoms with Crippen molar-refractivity contribution in [1.82, 2.24) is 0 Å². The molecule has 0 fully saturated rings. The summed E-state index contributed by atoms with van der Waals surface area (Å²) in [7, 11) is 0. The maximum Gasteiger partial charge on any atom is 0.228 e. The molecule has 86 valence electrons. The normalized spacial score (nSPS) is 9.88. The first kappa shape index (κ1) is 11.2. The number of para-hydroxylation sites is 1. The Morgan fingerprint density at radius 1 is 1.00 bits per heavy atom. The molecule has 0 bridgehead atoms. The van der Waals surface area contributed by atoms with Crippen LogP contribution in [0.3, 0.4) is 0 Å². The highest BCUT2D eigenvalue weighted by atomic mass is 16.3. The third kappa shape index (κ3) is 3.34. The van der Waals surface area contributed by atoms with E-state index in [1.54, 1.807) is 24.3 Å². The van der Waals surface area contributed by atoms with E-state index >= 15 is 0 Å². The predicted molar refractivity (Wildman–Crippen MR) is 66.9 cm³/mol. The van der Waals surface area contributed by atoms with E-state index in [1.807, 2.05) is 30.3 Å². The summed E-state index contributed by atoms with van der Waals surface area (Å²) in [5.41, 5.74) is 1.66. The third-order valence-electron chi connectivity index (χ3n) is 2.36. The molecule has 0 aliphatic heterocycles. The van der Waals surface area contributed by atoms with Gasteiger partial charge in [-0.15, -0.1) is 0 Å². The van der Waals surface area contributed by atoms with Crippen molar-refractivity contribution in [2.45, 2.75) is 6.42 Å². The number of hydrogen-bond acceptors (Lipinski definition) is 2. The van der Waals surface area contributed by atoms with Crippen LogP contribution >= 0.6 is 0 Å². The van der Waals surface area contributed by atoms with Crippen LogP contribution < -0.4 is 5.32 Å². The van der Waals surface area contributed by atoms with Crippen LogP contribution in [0.1, 0.15) is 5.56 Å². The van der Waals surface area contributed by atoms with Gasteiger partial charge in [-0.05, 0) is 29.8 Å². The van der Waals surface area contributed by atoms with Gasteiger partial charge in [0, 0.05) is 5.69 Å². The summed E-state index contributed by atoms with van der Waals surface area (Å²) in [4.78, 5) is 11.7. The molecule has 0 unspecified atom stereocenters. The van der Waals surface area contributed by atoms with Crippen LogP contribution in [0, 0.1) is 0 Å². The lowest BCUT2D eigenvalue weighted by molar-refractivity contribution is -0.115. The molecule has 1 amide bonds. The highest BCUT2D eigenvalue weighted by Gasteiger charge is 2.03. The number of nitrogens with one attached hydrogen (secondary N) is 1. The maximum absolute atomic E-state index is 11.7.